The van der Waals surface area contributed by atoms with Gasteiger partial charge in [0.2, 0.25) is 0 Å². The molecule has 0 heterocycles. The SMILES string of the molecule is CC(=NNC(=O)c1ccc(C(C)C)cc1)c1cccc(C)c1. The van der Waals surface area contributed by atoms with Crippen molar-refractivity contribution in [2.75, 3.05) is 0 Å². The molecule has 0 aliphatic heterocycles. The van der Waals surface area contributed by atoms with E-state index in [9.17, 15) is 4.79 Å². The molecule has 2 aromatic rings. The Hall–Kier alpha value is -2.42. The first-order valence-electron chi connectivity index (χ1n) is 7.49. The molecule has 0 aliphatic rings. The lowest BCUT2D eigenvalue weighted by atomic mass is 10.0. The molecule has 0 bridgehead atoms. The van der Waals surface area contributed by atoms with Gasteiger partial charge in [0.25, 0.3) is 5.91 Å². The van der Waals surface area contributed by atoms with Gasteiger partial charge >= 0.3 is 0 Å². The number of aryl methyl sites for hydroxylation is 1. The highest BCUT2D eigenvalue weighted by Gasteiger charge is 2.06. The second kappa shape index (κ2) is 7.03. The van der Waals surface area contributed by atoms with E-state index in [4.69, 9.17) is 0 Å². The summed E-state index contributed by atoms with van der Waals surface area (Å²) in [4.78, 5) is 12.1. The molecule has 2 rings (SSSR count). The number of rotatable bonds is 4. The number of nitrogens with one attached hydrogen (secondary N) is 1. The zero-order valence-corrected chi connectivity index (χ0v) is 13.6. The van der Waals surface area contributed by atoms with Gasteiger partial charge in [-0.2, -0.15) is 5.10 Å². The average Bonchev–Trinajstić information content (AvgIpc) is 2.52. The summed E-state index contributed by atoms with van der Waals surface area (Å²) in [6, 6.07) is 15.7. The van der Waals surface area contributed by atoms with Gasteiger partial charge in [0.15, 0.2) is 0 Å². The number of nitrogens with zero attached hydrogens (tertiary/aromatic N) is 1. The summed E-state index contributed by atoms with van der Waals surface area (Å²) in [7, 11) is 0. The zero-order chi connectivity index (χ0) is 16.1. The Balaban J connectivity index is 2.07. The van der Waals surface area contributed by atoms with E-state index >= 15 is 0 Å². The minimum absolute atomic E-state index is 0.192. The number of benzene rings is 2. The molecule has 1 amide bonds. The maximum absolute atomic E-state index is 12.1. The van der Waals surface area contributed by atoms with Crippen LogP contribution in [0, 0.1) is 6.92 Å². The number of hydrogen-bond donors (Lipinski definition) is 1. The van der Waals surface area contributed by atoms with Gasteiger partial charge in [-0.15, -0.1) is 0 Å². The first-order chi connectivity index (χ1) is 10.5. The molecular weight excluding hydrogens is 272 g/mol. The standard InChI is InChI=1S/C19H22N2O/c1-13(2)16-8-10-17(11-9-16)19(22)21-20-15(4)18-7-5-6-14(3)12-18/h5-13H,1-4H3,(H,21,22). The molecule has 0 aliphatic carbocycles. The molecule has 0 spiro atoms. The van der Waals surface area contributed by atoms with E-state index in [1.807, 2.05) is 62.4 Å². The highest BCUT2D eigenvalue weighted by atomic mass is 16.2. The first kappa shape index (κ1) is 16.0. The van der Waals surface area contributed by atoms with Gasteiger partial charge in [-0.25, -0.2) is 5.43 Å². The van der Waals surface area contributed by atoms with Crippen molar-refractivity contribution >= 4 is 11.6 Å². The van der Waals surface area contributed by atoms with Crippen LogP contribution in [-0.4, -0.2) is 11.6 Å². The average molecular weight is 294 g/mol. The van der Waals surface area contributed by atoms with Crippen LogP contribution in [-0.2, 0) is 0 Å². The van der Waals surface area contributed by atoms with Gasteiger partial charge < -0.3 is 0 Å². The van der Waals surface area contributed by atoms with Gasteiger partial charge in [-0.3, -0.25) is 4.79 Å². The number of hydrazone groups is 1. The maximum Gasteiger partial charge on any atom is 0.271 e. The molecule has 0 saturated heterocycles. The fourth-order valence-electron chi connectivity index (χ4n) is 2.15. The minimum Gasteiger partial charge on any atom is -0.267 e. The normalized spacial score (nSPS) is 11.6. The van der Waals surface area contributed by atoms with Crippen molar-refractivity contribution in [3.8, 4) is 0 Å². The summed E-state index contributed by atoms with van der Waals surface area (Å²) in [6.07, 6.45) is 0. The third-order valence-electron chi connectivity index (χ3n) is 3.60. The third-order valence-corrected chi connectivity index (χ3v) is 3.60. The molecular formula is C19H22N2O. The second-order valence-electron chi connectivity index (χ2n) is 5.78. The lowest BCUT2D eigenvalue weighted by Gasteiger charge is -2.07. The van der Waals surface area contributed by atoms with E-state index in [1.165, 1.54) is 11.1 Å². The van der Waals surface area contributed by atoms with Crippen LogP contribution < -0.4 is 5.43 Å². The minimum atomic E-state index is -0.192. The molecule has 0 fully saturated rings. The van der Waals surface area contributed by atoms with Crippen molar-refractivity contribution in [3.63, 3.8) is 0 Å². The summed E-state index contributed by atoms with van der Waals surface area (Å²) < 4.78 is 0. The van der Waals surface area contributed by atoms with Gasteiger partial charge in [-0.1, -0.05) is 55.8 Å². The van der Waals surface area contributed by atoms with Crippen LogP contribution >= 0.6 is 0 Å². The molecule has 3 heteroatoms. The smallest absolute Gasteiger partial charge is 0.267 e. The van der Waals surface area contributed by atoms with Crippen molar-refractivity contribution in [1.82, 2.24) is 5.43 Å². The Labute approximate surface area is 132 Å². The Bertz CT molecular complexity index is 685. The van der Waals surface area contributed by atoms with Gasteiger partial charge in [0.1, 0.15) is 0 Å². The van der Waals surface area contributed by atoms with Crippen LogP contribution in [0.5, 0.6) is 0 Å². The molecule has 3 nitrogen and oxygen atoms in total. The monoisotopic (exact) mass is 294 g/mol. The topological polar surface area (TPSA) is 41.5 Å². The Morgan fingerprint density at radius 3 is 2.32 bits per heavy atom. The number of amides is 1. The second-order valence-corrected chi connectivity index (χ2v) is 5.78. The summed E-state index contributed by atoms with van der Waals surface area (Å²) in [5.41, 5.74) is 7.42. The summed E-state index contributed by atoms with van der Waals surface area (Å²) in [5, 5.41) is 4.19. The van der Waals surface area contributed by atoms with E-state index in [0.717, 1.165) is 11.3 Å². The predicted molar refractivity (Wildman–Crippen MR) is 91.4 cm³/mol. The van der Waals surface area contributed by atoms with Crippen molar-refractivity contribution < 1.29 is 4.79 Å². The van der Waals surface area contributed by atoms with E-state index in [-0.39, 0.29) is 5.91 Å². The Morgan fingerprint density at radius 2 is 1.73 bits per heavy atom. The molecule has 0 aromatic heterocycles. The molecule has 114 valence electrons. The van der Waals surface area contributed by atoms with Crippen LogP contribution in [0.3, 0.4) is 0 Å². The Morgan fingerprint density at radius 1 is 1.05 bits per heavy atom. The number of carbonyl (C=O) groups excluding carboxylic acids is 1. The fraction of sp³-hybridized carbons (Fsp3) is 0.263. The van der Waals surface area contributed by atoms with Gasteiger partial charge in [-0.05, 0) is 43.0 Å². The van der Waals surface area contributed by atoms with Crippen molar-refractivity contribution in [1.29, 1.82) is 0 Å². The number of hydrogen-bond acceptors (Lipinski definition) is 2. The first-order valence-corrected chi connectivity index (χ1v) is 7.49. The Kier molecular flexibility index (Phi) is 5.10. The number of carbonyl (C=O) groups is 1. The highest BCUT2D eigenvalue weighted by molar-refractivity contribution is 6.00. The van der Waals surface area contributed by atoms with Crippen molar-refractivity contribution in [2.24, 2.45) is 5.10 Å². The lowest BCUT2D eigenvalue weighted by molar-refractivity contribution is 0.0955. The van der Waals surface area contributed by atoms with Gasteiger partial charge in [0, 0.05) is 5.56 Å². The van der Waals surface area contributed by atoms with Gasteiger partial charge in [0.05, 0.1) is 5.71 Å². The molecule has 0 saturated carbocycles. The van der Waals surface area contributed by atoms with Crippen LogP contribution in [0.1, 0.15) is 53.7 Å². The van der Waals surface area contributed by atoms with Crippen molar-refractivity contribution in [3.05, 3.63) is 70.8 Å². The molecule has 22 heavy (non-hydrogen) atoms. The summed E-state index contributed by atoms with van der Waals surface area (Å²) in [5.74, 6) is 0.265. The molecule has 0 radical (unpaired) electrons. The van der Waals surface area contributed by atoms with Crippen molar-refractivity contribution in [2.45, 2.75) is 33.6 Å². The zero-order valence-electron chi connectivity index (χ0n) is 13.6. The summed E-state index contributed by atoms with van der Waals surface area (Å²) in [6.45, 7) is 8.18. The van der Waals surface area contributed by atoms with Crippen LogP contribution in [0.4, 0.5) is 0 Å². The largest absolute Gasteiger partial charge is 0.271 e. The maximum atomic E-state index is 12.1. The third kappa shape index (κ3) is 4.04. The molecule has 0 unspecified atom stereocenters. The molecule has 0 atom stereocenters. The van der Waals surface area contributed by atoms with E-state index in [0.29, 0.717) is 11.5 Å². The highest BCUT2D eigenvalue weighted by Crippen LogP contribution is 2.14. The van der Waals surface area contributed by atoms with E-state index in [2.05, 4.69) is 24.4 Å². The quantitative estimate of drug-likeness (QED) is 0.664. The molecule has 1 N–H and O–H groups in total. The van der Waals surface area contributed by atoms with E-state index in [1.54, 1.807) is 0 Å². The van der Waals surface area contributed by atoms with Crippen LogP contribution in [0.2, 0.25) is 0 Å². The summed E-state index contributed by atoms with van der Waals surface area (Å²) >= 11 is 0. The fourth-order valence-corrected chi connectivity index (χ4v) is 2.15. The lowest BCUT2D eigenvalue weighted by Crippen LogP contribution is -2.19. The van der Waals surface area contributed by atoms with E-state index < -0.39 is 0 Å². The molecule has 2 aromatic carbocycles. The van der Waals surface area contributed by atoms with Crippen LogP contribution in [0.25, 0.3) is 0 Å². The predicted octanol–water partition coefficient (Wildman–Crippen LogP) is 4.27. The van der Waals surface area contributed by atoms with Crippen LogP contribution in [0.15, 0.2) is 53.6 Å².